The first-order valence-corrected chi connectivity index (χ1v) is 6.52. The van der Waals surface area contributed by atoms with Crippen molar-refractivity contribution in [2.75, 3.05) is 0 Å². The lowest BCUT2D eigenvalue weighted by Crippen LogP contribution is -2.10. The Morgan fingerprint density at radius 3 is 1.95 bits per heavy atom. The fourth-order valence-electron chi connectivity index (χ4n) is 2.08. The molecule has 2 aromatic carbocycles. The molecule has 2 nitrogen and oxygen atoms in total. The van der Waals surface area contributed by atoms with Gasteiger partial charge in [0.1, 0.15) is 0 Å². The smallest absolute Gasteiger partial charge is 0.214 e. The summed E-state index contributed by atoms with van der Waals surface area (Å²) in [6.07, 6.45) is 1.52. The average molecular weight is 260 g/mol. The van der Waals surface area contributed by atoms with E-state index >= 15 is 0 Å². The minimum atomic E-state index is -0.166. The zero-order valence-electron chi connectivity index (χ0n) is 10.9. The van der Waals surface area contributed by atoms with Crippen LogP contribution in [0.2, 0.25) is 0 Å². The summed E-state index contributed by atoms with van der Waals surface area (Å²) in [5.74, 6) is 0.574. The van der Waals surface area contributed by atoms with Crippen molar-refractivity contribution in [1.29, 1.82) is 0 Å². The van der Waals surface area contributed by atoms with E-state index in [9.17, 15) is 0 Å². The highest BCUT2D eigenvalue weighted by Crippen LogP contribution is 2.26. The molecule has 0 aliphatic heterocycles. The van der Waals surface area contributed by atoms with E-state index in [4.69, 9.17) is 4.74 Å². The Bertz CT molecular complexity index is 599. The molecule has 0 saturated heterocycles. The molecule has 0 aliphatic carbocycles. The molecule has 3 rings (SSSR count). The molecule has 20 heavy (non-hydrogen) atoms. The maximum absolute atomic E-state index is 6.04. The van der Waals surface area contributed by atoms with E-state index in [1.807, 2.05) is 36.4 Å². The summed E-state index contributed by atoms with van der Waals surface area (Å²) >= 11 is 0. The molecule has 0 atom stereocenters. The normalized spacial score (nSPS) is 10.4. The van der Waals surface area contributed by atoms with Crippen molar-refractivity contribution < 1.29 is 4.74 Å². The van der Waals surface area contributed by atoms with Crippen molar-refractivity contribution in [2.24, 2.45) is 0 Å². The zero-order chi connectivity index (χ0) is 13.6. The highest BCUT2D eigenvalue weighted by atomic mass is 16.5. The zero-order valence-corrected chi connectivity index (χ0v) is 10.9. The van der Waals surface area contributed by atoms with Crippen LogP contribution in [0.3, 0.4) is 0 Å². The largest absolute Gasteiger partial charge is 0.465 e. The van der Waals surface area contributed by atoms with E-state index in [0.717, 1.165) is 11.1 Å². The molecule has 0 bridgehead atoms. The maximum atomic E-state index is 6.04. The van der Waals surface area contributed by atoms with Gasteiger partial charge in [-0.2, -0.15) is 0 Å². The van der Waals surface area contributed by atoms with Crippen molar-refractivity contribution in [3.8, 4) is 5.88 Å². The molecule has 0 fully saturated rings. The number of hydrogen-bond acceptors (Lipinski definition) is 2. The number of rotatable bonds is 4. The molecule has 2 heteroatoms. The van der Waals surface area contributed by atoms with Crippen LogP contribution in [0.4, 0.5) is 0 Å². The molecule has 0 spiro atoms. The molecule has 1 aromatic heterocycles. The van der Waals surface area contributed by atoms with Crippen LogP contribution in [0.15, 0.2) is 79.0 Å². The van der Waals surface area contributed by atoms with Crippen LogP contribution >= 0.6 is 0 Å². The third kappa shape index (κ3) is 2.86. The third-order valence-electron chi connectivity index (χ3n) is 3.02. The molecule has 1 heterocycles. The maximum Gasteiger partial charge on any atom is 0.214 e. The van der Waals surface area contributed by atoms with Gasteiger partial charge in [0.15, 0.2) is 6.10 Å². The van der Waals surface area contributed by atoms with E-state index < -0.39 is 0 Å². The average Bonchev–Trinajstić information content (AvgIpc) is 2.55. The Labute approximate surface area is 118 Å². The summed E-state index contributed by atoms with van der Waals surface area (Å²) in [5, 5.41) is 0. The van der Waals surface area contributed by atoms with E-state index in [2.05, 4.69) is 35.3 Å². The van der Waals surface area contributed by atoms with Gasteiger partial charge in [-0.3, -0.25) is 0 Å². The van der Waals surface area contributed by atoms with Gasteiger partial charge in [0, 0.05) is 12.3 Å². The van der Waals surface area contributed by atoms with E-state index in [0.29, 0.717) is 5.88 Å². The quantitative estimate of drug-likeness (QED) is 0.706. The lowest BCUT2D eigenvalue weighted by atomic mass is 10.0. The van der Waals surface area contributed by atoms with Gasteiger partial charge < -0.3 is 4.74 Å². The number of pyridine rings is 1. The van der Waals surface area contributed by atoms with E-state index in [1.165, 1.54) is 0 Å². The predicted molar refractivity (Wildman–Crippen MR) is 78.4 cm³/mol. The molecule has 97 valence electrons. The Morgan fingerprint density at radius 2 is 1.45 bits per heavy atom. The minimum Gasteiger partial charge on any atom is -0.465 e. The summed E-state index contributed by atoms with van der Waals surface area (Å²) in [5.41, 5.74) is 2.20. The first-order valence-electron chi connectivity index (χ1n) is 6.52. The van der Waals surface area contributed by atoms with Gasteiger partial charge in [0.05, 0.1) is 0 Å². The van der Waals surface area contributed by atoms with E-state index in [1.54, 1.807) is 18.3 Å². The van der Waals surface area contributed by atoms with Crippen LogP contribution in [0, 0.1) is 6.07 Å². The van der Waals surface area contributed by atoms with Gasteiger partial charge in [0.25, 0.3) is 0 Å². The summed E-state index contributed by atoms with van der Waals surface area (Å²) in [4.78, 5) is 4.22. The van der Waals surface area contributed by atoms with Crippen LogP contribution in [0.25, 0.3) is 0 Å². The van der Waals surface area contributed by atoms with Gasteiger partial charge in [-0.25, -0.2) is 4.98 Å². The molecule has 1 radical (unpaired) electrons. The predicted octanol–water partition coefficient (Wildman–Crippen LogP) is 4.05. The Morgan fingerprint density at radius 1 is 0.850 bits per heavy atom. The van der Waals surface area contributed by atoms with Crippen molar-refractivity contribution in [3.05, 3.63) is 96.2 Å². The Kier molecular flexibility index (Phi) is 3.74. The molecular formula is C18H14NO. The number of ether oxygens (including phenoxy) is 1. The second-order valence-corrected chi connectivity index (χ2v) is 4.41. The number of hydrogen-bond donors (Lipinski definition) is 0. The summed E-state index contributed by atoms with van der Waals surface area (Å²) < 4.78 is 6.04. The van der Waals surface area contributed by atoms with Crippen molar-refractivity contribution >= 4 is 0 Å². The van der Waals surface area contributed by atoms with Crippen molar-refractivity contribution in [2.45, 2.75) is 6.10 Å². The molecule has 0 amide bonds. The first kappa shape index (κ1) is 12.4. The lowest BCUT2D eigenvalue weighted by Gasteiger charge is -2.19. The van der Waals surface area contributed by atoms with Gasteiger partial charge >= 0.3 is 0 Å². The summed E-state index contributed by atoms with van der Waals surface area (Å²) in [6, 6.07) is 26.8. The van der Waals surface area contributed by atoms with Crippen molar-refractivity contribution in [3.63, 3.8) is 0 Å². The van der Waals surface area contributed by atoms with Crippen molar-refractivity contribution in [1.82, 2.24) is 4.98 Å². The van der Waals surface area contributed by atoms with Crippen LogP contribution in [-0.4, -0.2) is 4.98 Å². The van der Waals surface area contributed by atoms with Gasteiger partial charge in [0.2, 0.25) is 5.88 Å². The highest BCUT2D eigenvalue weighted by molar-refractivity contribution is 5.31. The van der Waals surface area contributed by atoms with Crippen LogP contribution in [-0.2, 0) is 0 Å². The lowest BCUT2D eigenvalue weighted by molar-refractivity contribution is 0.237. The fourth-order valence-corrected chi connectivity index (χ4v) is 2.08. The highest BCUT2D eigenvalue weighted by Gasteiger charge is 2.15. The standard InChI is InChI=1S/C18H14NO/c1-3-9-15(10-4-1)18(16-11-5-2-6-12-16)20-17-13-7-8-14-19-17/h1-6,8-14,18H. The Hall–Kier alpha value is -2.61. The van der Waals surface area contributed by atoms with Gasteiger partial charge in [-0.1, -0.05) is 60.7 Å². The number of aromatic nitrogens is 1. The second-order valence-electron chi connectivity index (χ2n) is 4.41. The third-order valence-corrected chi connectivity index (χ3v) is 3.02. The molecule has 3 aromatic rings. The first-order chi connectivity index (χ1) is 9.93. The molecule has 0 unspecified atom stereocenters. The number of nitrogens with zero attached hydrogens (tertiary/aromatic N) is 1. The minimum absolute atomic E-state index is 0.166. The van der Waals surface area contributed by atoms with Gasteiger partial charge in [-0.05, 0) is 23.3 Å². The molecular weight excluding hydrogens is 246 g/mol. The van der Waals surface area contributed by atoms with Crippen LogP contribution in [0.5, 0.6) is 5.88 Å². The molecule has 0 saturated carbocycles. The Balaban J connectivity index is 1.96. The number of benzene rings is 2. The summed E-state index contributed by atoms with van der Waals surface area (Å²) in [6.45, 7) is 0. The van der Waals surface area contributed by atoms with E-state index in [-0.39, 0.29) is 6.10 Å². The summed E-state index contributed by atoms with van der Waals surface area (Å²) in [7, 11) is 0. The fraction of sp³-hybridized carbons (Fsp3) is 0.0556. The SMILES string of the molecule is [c]1ccnc(OC(c2ccccc2)c2ccccc2)c1. The van der Waals surface area contributed by atoms with Crippen LogP contribution < -0.4 is 4.74 Å². The monoisotopic (exact) mass is 260 g/mol. The second kappa shape index (κ2) is 6.02. The molecule has 0 aliphatic rings. The molecule has 0 N–H and O–H groups in total. The van der Waals surface area contributed by atoms with Gasteiger partial charge in [-0.15, -0.1) is 0 Å². The van der Waals surface area contributed by atoms with Crippen LogP contribution in [0.1, 0.15) is 17.2 Å². The topological polar surface area (TPSA) is 22.1 Å².